The van der Waals surface area contributed by atoms with Crippen molar-refractivity contribution in [3.05, 3.63) is 47.3 Å². The molecule has 4 aliphatic carbocycles. The highest BCUT2D eigenvalue weighted by atomic mass is 19.4. The van der Waals surface area contributed by atoms with Crippen LogP contribution in [0, 0.1) is 18.8 Å². The lowest BCUT2D eigenvalue weighted by Gasteiger charge is -2.39. The molecular weight excluding hydrogens is 467 g/mol. The van der Waals surface area contributed by atoms with Crippen LogP contribution in [0.3, 0.4) is 0 Å². The van der Waals surface area contributed by atoms with E-state index in [0.717, 1.165) is 35.2 Å². The van der Waals surface area contributed by atoms with E-state index < -0.39 is 17.5 Å². The molecule has 190 valence electrons. The first-order valence-corrected chi connectivity index (χ1v) is 13.1. The second kappa shape index (κ2) is 7.73. The first kappa shape index (κ1) is 22.6. The van der Waals surface area contributed by atoms with Gasteiger partial charge in [-0.1, -0.05) is 0 Å². The molecule has 0 N–H and O–H groups in total. The van der Waals surface area contributed by atoms with Crippen LogP contribution in [0.4, 0.5) is 13.2 Å². The predicted octanol–water partition coefficient (Wildman–Crippen LogP) is 6.12. The van der Waals surface area contributed by atoms with E-state index in [-0.39, 0.29) is 30.5 Å². The fraction of sp³-hybridized carbons (Fsp3) is 0.630. The molecule has 5 fully saturated rings. The first-order chi connectivity index (χ1) is 17.2. The van der Waals surface area contributed by atoms with Crippen molar-refractivity contribution < 1.29 is 17.9 Å². The molecule has 36 heavy (non-hydrogen) atoms. The van der Waals surface area contributed by atoms with Crippen LogP contribution in [-0.2, 0) is 10.2 Å². The van der Waals surface area contributed by atoms with Crippen molar-refractivity contribution in [1.82, 2.24) is 24.7 Å². The number of nitrogens with zero attached hydrogens (tertiary/aromatic N) is 5. The van der Waals surface area contributed by atoms with Gasteiger partial charge in [0, 0.05) is 34.2 Å². The molecule has 4 saturated carbocycles. The van der Waals surface area contributed by atoms with Crippen LogP contribution in [0.2, 0.25) is 0 Å². The maximum Gasteiger partial charge on any atom is 0.392 e. The lowest BCUT2D eigenvalue weighted by Crippen LogP contribution is -2.35. The van der Waals surface area contributed by atoms with Crippen LogP contribution in [0.5, 0.6) is 0 Å². The van der Waals surface area contributed by atoms with Gasteiger partial charge in [-0.05, 0) is 76.8 Å². The van der Waals surface area contributed by atoms with E-state index in [2.05, 4.69) is 23.2 Å². The normalized spacial score (nSPS) is 34.2. The third-order valence-corrected chi connectivity index (χ3v) is 8.92. The second-order valence-corrected chi connectivity index (χ2v) is 11.6. The van der Waals surface area contributed by atoms with E-state index in [4.69, 9.17) is 14.7 Å². The number of hydrogen-bond donors (Lipinski definition) is 0. The average molecular weight is 498 g/mol. The molecule has 5 aliphatic rings. The van der Waals surface area contributed by atoms with Gasteiger partial charge in [-0.3, -0.25) is 4.68 Å². The highest BCUT2D eigenvalue weighted by molar-refractivity contribution is 5.79. The average Bonchev–Trinajstić information content (AvgIpc) is 3.24. The van der Waals surface area contributed by atoms with Crippen LogP contribution in [0.15, 0.2) is 24.5 Å². The van der Waals surface area contributed by atoms with Gasteiger partial charge in [-0.15, -0.1) is 0 Å². The molecule has 0 aromatic carbocycles. The van der Waals surface area contributed by atoms with Crippen LogP contribution in [0.1, 0.15) is 92.7 Å². The number of fused-ring (bicyclic) bond motifs is 2. The number of aromatic nitrogens is 5. The van der Waals surface area contributed by atoms with E-state index in [1.54, 1.807) is 0 Å². The molecular formula is C27H30F3N5O. The molecule has 8 rings (SSSR count). The number of ether oxygens (including phenoxy) is 1. The van der Waals surface area contributed by atoms with Gasteiger partial charge in [0.05, 0.1) is 36.1 Å². The van der Waals surface area contributed by atoms with Gasteiger partial charge < -0.3 is 4.74 Å². The molecule has 2 bridgehead atoms. The smallest absolute Gasteiger partial charge is 0.370 e. The highest BCUT2D eigenvalue weighted by Gasteiger charge is 2.65. The lowest BCUT2D eigenvalue weighted by atomic mass is 9.66. The van der Waals surface area contributed by atoms with Gasteiger partial charge in [-0.25, -0.2) is 15.0 Å². The summed E-state index contributed by atoms with van der Waals surface area (Å²) in [6.45, 7) is 3.98. The van der Waals surface area contributed by atoms with E-state index in [9.17, 15) is 13.2 Å². The second-order valence-electron chi connectivity index (χ2n) is 11.6. The molecule has 1 aliphatic heterocycles. The third kappa shape index (κ3) is 3.64. The first-order valence-electron chi connectivity index (χ1n) is 13.1. The molecule has 6 nitrogen and oxygen atoms in total. The zero-order valence-electron chi connectivity index (χ0n) is 20.5. The van der Waals surface area contributed by atoms with Gasteiger partial charge in [-0.2, -0.15) is 18.3 Å². The summed E-state index contributed by atoms with van der Waals surface area (Å²) in [6, 6.07) is 4.36. The summed E-state index contributed by atoms with van der Waals surface area (Å²) in [5.41, 5.74) is 2.75. The third-order valence-electron chi connectivity index (χ3n) is 8.92. The standard InChI is InChI=1S/C27H30F3N5O/c1-14-3-6-20-23(26-9-17(10-26)21(11-26)27(28,29)30)33-24(34-25(20)32-14)16-7-15(2)36-22(8-16)18-12-31-35(13-18)19-4-5-19/h3,6,12-13,15-17,19,21-22H,4-5,7-11H2,1-2H3/t15-,16-,17?,21?,22+,26?/m0/s1. The monoisotopic (exact) mass is 497 g/mol. The number of hydrogen-bond acceptors (Lipinski definition) is 5. The van der Waals surface area contributed by atoms with Gasteiger partial charge in [0.25, 0.3) is 0 Å². The largest absolute Gasteiger partial charge is 0.392 e. The van der Waals surface area contributed by atoms with Crippen molar-refractivity contribution >= 4 is 11.0 Å². The Hall–Kier alpha value is -2.55. The molecule has 4 atom stereocenters. The van der Waals surface area contributed by atoms with Crippen LogP contribution in [-0.4, -0.2) is 37.0 Å². The Bertz CT molecular complexity index is 1330. The fourth-order valence-electron chi connectivity index (χ4n) is 6.99. The Labute approximate surface area is 207 Å². The molecule has 0 amide bonds. The molecule has 4 heterocycles. The van der Waals surface area contributed by atoms with E-state index >= 15 is 0 Å². The van der Waals surface area contributed by atoms with E-state index in [1.807, 2.05) is 29.9 Å². The molecule has 3 aromatic rings. The minimum Gasteiger partial charge on any atom is -0.370 e. The van der Waals surface area contributed by atoms with Gasteiger partial charge >= 0.3 is 6.18 Å². The number of aryl methyl sites for hydroxylation is 1. The maximum atomic E-state index is 13.7. The van der Waals surface area contributed by atoms with Gasteiger partial charge in [0.1, 0.15) is 5.82 Å². The minimum absolute atomic E-state index is 0.0126. The van der Waals surface area contributed by atoms with Crippen LogP contribution >= 0.6 is 0 Å². The Morgan fingerprint density at radius 1 is 1.06 bits per heavy atom. The maximum absolute atomic E-state index is 13.7. The minimum atomic E-state index is -4.16. The summed E-state index contributed by atoms with van der Waals surface area (Å²) in [5.74, 6) is -0.800. The topological polar surface area (TPSA) is 65.7 Å². The SMILES string of the molecule is Cc1ccc2c(C34CC(C3)C(C(F)(F)F)C4)nc([C@H]3C[C@H](C)O[C@@H](c4cnn(C5CC5)c4)C3)nc2n1. The highest BCUT2D eigenvalue weighted by Crippen LogP contribution is 2.66. The zero-order chi connectivity index (χ0) is 24.8. The summed E-state index contributed by atoms with van der Waals surface area (Å²) in [7, 11) is 0. The van der Waals surface area contributed by atoms with E-state index in [1.165, 1.54) is 12.8 Å². The van der Waals surface area contributed by atoms with Gasteiger partial charge in [0.15, 0.2) is 5.65 Å². The molecule has 3 aromatic heterocycles. The Morgan fingerprint density at radius 3 is 2.58 bits per heavy atom. The summed E-state index contributed by atoms with van der Waals surface area (Å²) in [4.78, 5) is 14.7. The Morgan fingerprint density at radius 2 is 1.86 bits per heavy atom. The Kier molecular flexibility index (Phi) is 4.86. The van der Waals surface area contributed by atoms with Crippen molar-refractivity contribution in [2.24, 2.45) is 11.8 Å². The summed E-state index contributed by atoms with van der Waals surface area (Å²) < 4.78 is 49.4. The quantitative estimate of drug-likeness (QED) is 0.435. The van der Waals surface area contributed by atoms with Crippen molar-refractivity contribution in [3.8, 4) is 0 Å². The summed E-state index contributed by atoms with van der Waals surface area (Å²) in [5, 5.41) is 5.34. The number of rotatable bonds is 4. The molecule has 1 saturated heterocycles. The predicted molar refractivity (Wildman–Crippen MR) is 126 cm³/mol. The van der Waals surface area contributed by atoms with Crippen molar-refractivity contribution in [2.45, 2.75) is 94.6 Å². The zero-order valence-corrected chi connectivity index (χ0v) is 20.5. The summed E-state index contributed by atoms with van der Waals surface area (Å²) >= 11 is 0. The molecule has 0 radical (unpaired) electrons. The summed E-state index contributed by atoms with van der Waals surface area (Å²) in [6.07, 6.45) is 4.79. The number of pyridine rings is 1. The molecule has 1 unspecified atom stereocenters. The van der Waals surface area contributed by atoms with E-state index in [0.29, 0.717) is 30.4 Å². The molecule has 0 spiro atoms. The van der Waals surface area contributed by atoms with Crippen LogP contribution < -0.4 is 0 Å². The van der Waals surface area contributed by atoms with Crippen molar-refractivity contribution in [1.29, 1.82) is 0 Å². The molecule has 9 heteroatoms. The number of alkyl halides is 3. The lowest BCUT2D eigenvalue weighted by molar-refractivity contribution is -0.180. The van der Waals surface area contributed by atoms with Crippen LogP contribution in [0.25, 0.3) is 11.0 Å². The van der Waals surface area contributed by atoms with Crippen molar-refractivity contribution in [2.75, 3.05) is 0 Å². The van der Waals surface area contributed by atoms with Crippen molar-refractivity contribution in [3.63, 3.8) is 0 Å². The Balaban J connectivity index is 1.25. The van der Waals surface area contributed by atoms with Gasteiger partial charge in [0.2, 0.25) is 0 Å². The fourth-order valence-corrected chi connectivity index (χ4v) is 6.99. The number of halogens is 3.